The van der Waals surface area contributed by atoms with Gasteiger partial charge < -0.3 is 9.30 Å². The van der Waals surface area contributed by atoms with Crippen LogP contribution in [0.4, 0.5) is 4.39 Å². The highest BCUT2D eigenvalue weighted by molar-refractivity contribution is 7.07. The fourth-order valence-corrected chi connectivity index (χ4v) is 6.20. The van der Waals surface area contributed by atoms with Crippen LogP contribution in [0, 0.1) is 19.7 Å². The number of hydrogen-bond acceptors (Lipinski definition) is 5. The van der Waals surface area contributed by atoms with Crippen molar-refractivity contribution in [1.82, 2.24) is 9.13 Å². The Bertz CT molecular complexity index is 1870. The molecule has 40 heavy (non-hydrogen) atoms. The minimum Gasteiger partial charge on any atom is -0.459 e. The monoisotopic (exact) mass is 597 g/mol. The van der Waals surface area contributed by atoms with E-state index in [-0.39, 0.29) is 16.7 Å². The molecule has 0 N–H and O–H groups in total. The molecule has 2 aromatic carbocycles. The molecule has 4 aromatic rings. The second-order valence-corrected chi connectivity index (χ2v) is 11.7. The maximum atomic E-state index is 14.2. The minimum absolute atomic E-state index is 0.0507. The van der Waals surface area contributed by atoms with Crippen LogP contribution >= 0.6 is 34.5 Å². The summed E-state index contributed by atoms with van der Waals surface area (Å²) in [5.74, 6) is -1.03. The predicted octanol–water partition coefficient (Wildman–Crippen LogP) is 6.04. The highest BCUT2D eigenvalue weighted by Gasteiger charge is 2.33. The van der Waals surface area contributed by atoms with E-state index in [0.29, 0.717) is 36.9 Å². The van der Waals surface area contributed by atoms with E-state index in [0.717, 1.165) is 17.0 Å². The molecule has 3 heterocycles. The number of nitrogens with zero attached hydrogens (tertiary/aromatic N) is 3. The molecule has 0 saturated carbocycles. The lowest BCUT2D eigenvalue weighted by Crippen LogP contribution is -2.40. The Morgan fingerprint density at radius 1 is 1.10 bits per heavy atom. The first-order chi connectivity index (χ1) is 19.0. The Kier molecular flexibility index (Phi) is 7.61. The van der Waals surface area contributed by atoms with Crippen LogP contribution in [-0.4, -0.2) is 21.2 Å². The zero-order valence-corrected chi connectivity index (χ0v) is 24.8. The molecule has 1 atom stereocenters. The van der Waals surface area contributed by atoms with Crippen molar-refractivity contribution in [2.75, 3.05) is 0 Å². The van der Waals surface area contributed by atoms with Gasteiger partial charge in [0.05, 0.1) is 33.0 Å². The van der Waals surface area contributed by atoms with Crippen LogP contribution in [0.15, 0.2) is 69.6 Å². The van der Waals surface area contributed by atoms with E-state index in [4.69, 9.17) is 27.9 Å². The second kappa shape index (κ2) is 10.8. The SMILES string of the molecule is CC1=C(C(=O)OC(C)C)C(c2ccc(Cl)cc2)n2c(s/c(=C\c3cc(C)n(-c4ccc(Cl)c(F)c4)c3C)c2=O)=N1. The third kappa shape index (κ3) is 5.07. The summed E-state index contributed by atoms with van der Waals surface area (Å²) < 4.78 is 23.6. The van der Waals surface area contributed by atoms with Gasteiger partial charge >= 0.3 is 5.97 Å². The molecule has 1 aliphatic rings. The van der Waals surface area contributed by atoms with Crippen LogP contribution in [0.2, 0.25) is 10.0 Å². The first-order valence-electron chi connectivity index (χ1n) is 12.6. The number of thiazole rings is 1. The first kappa shape index (κ1) is 28.1. The molecule has 0 bridgehead atoms. The molecule has 5 rings (SSSR count). The molecule has 0 aliphatic carbocycles. The van der Waals surface area contributed by atoms with Gasteiger partial charge in [-0.25, -0.2) is 14.2 Å². The van der Waals surface area contributed by atoms with Gasteiger partial charge in [-0.3, -0.25) is 9.36 Å². The normalized spacial score (nSPS) is 15.4. The number of benzene rings is 2. The van der Waals surface area contributed by atoms with Crippen molar-refractivity contribution >= 4 is 46.6 Å². The van der Waals surface area contributed by atoms with E-state index in [1.165, 1.54) is 28.0 Å². The smallest absolute Gasteiger partial charge is 0.338 e. The van der Waals surface area contributed by atoms with Crippen molar-refractivity contribution < 1.29 is 13.9 Å². The molecular formula is C30H26Cl2FN3O3S. The van der Waals surface area contributed by atoms with Crippen LogP contribution in [0.3, 0.4) is 0 Å². The second-order valence-electron chi connectivity index (χ2n) is 9.85. The Hall–Kier alpha value is -3.46. The molecule has 206 valence electrons. The number of fused-ring (bicyclic) bond motifs is 1. The molecular weight excluding hydrogens is 572 g/mol. The highest BCUT2D eigenvalue weighted by atomic mass is 35.5. The van der Waals surface area contributed by atoms with E-state index in [1.807, 2.05) is 24.5 Å². The molecule has 0 saturated heterocycles. The number of esters is 1. The van der Waals surface area contributed by atoms with Crippen molar-refractivity contribution in [2.24, 2.45) is 4.99 Å². The summed E-state index contributed by atoms with van der Waals surface area (Å²) in [4.78, 5) is 32.3. The van der Waals surface area contributed by atoms with Gasteiger partial charge in [-0.05, 0) is 88.2 Å². The van der Waals surface area contributed by atoms with Gasteiger partial charge in [0, 0.05) is 22.1 Å². The Labute approximate surface area is 244 Å². The zero-order chi connectivity index (χ0) is 28.9. The van der Waals surface area contributed by atoms with Gasteiger partial charge in [-0.2, -0.15) is 0 Å². The number of carbonyl (C=O) groups is 1. The number of halogens is 3. The lowest BCUT2D eigenvalue weighted by Gasteiger charge is -2.25. The fourth-order valence-electron chi connectivity index (χ4n) is 4.92. The van der Waals surface area contributed by atoms with E-state index < -0.39 is 17.8 Å². The largest absolute Gasteiger partial charge is 0.459 e. The summed E-state index contributed by atoms with van der Waals surface area (Å²) in [6, 6.07) is 12.9. The standard InChI is InChI=1S/C30H26Cl2FN3O3S/c1-15(2)39-29(38)26-17(4)34-30-36(27(26)19-6-8-21(31)9-7-19)28(37)25(40-30)13-20-12-16(3)35(18(20)5)22-10-11-23(32)24(33)14-22/h6-15,27H,1-5H3/b25-13-. The van der Waals surface area contributed by atoms with Crippen molar-refractivity contribution in [1.29, 1.82) is 0 Å². The number of ether oxygens (including phenoxy) is 1. The molecule has 0 spiro atoms. The lowest BCUT2D eigenvalue weighted by molar-refractivity contribution is -0.143. The fraction of sp³-hybridized carbons (Fsp3) is 0.233. The number of hydrogen-bond donors (Lipinski definition) is 0. The van der Waals surface area contributed by atoms with Crippen LogP contribution in [-0.2, 0) is 9.53 Å². The van der Waals surface area contributed by atoms with Gasteiger partial charge in [-0.15, -0.1) is 0 Å². The maximum Gasteiger partial charge on any atom is 0.338 e. The van der Waals surface area contributed by atoms with Gasteiger partial charge in [0.15, 0.2) is 4.80 Å². The summed E-state index contributed by atoms with van der Waals surface area (Å²) in [6.45, 7) is 9.11. The molecule has 0 amide bonds. The first-order valence-corrected chi connectivity index (χ1v) is 14.2. The summed E-state index contributed by atoms with van der Waals surface area (Å²) in [7, 11) is 0. The third-order valence-corrected chi connectivity index (χ3v) is 8.23. The number of aryl methyl sites for hydroxylation is 1. The Balaban J connectivity index is 1.68. The Morgan fingerprint density at radius 3 is 2.45 bits per heavy atom. The summed E-state index contributed by atoms with van der Waals surface area (Å²) in [5.41, 5.74) is 4.35. The van der Waals surface area contributed by atoms with Gasteiger partial charge in [0.2, 0.25) is 0 Å². The summed E-state index contributed by atoms with van der Waals surface area (Å²) >= 11 is 13.3. The van der Waals surface area contributed by atoms with Gasteiger partial charge in [0.25, 0.3) is 5.56 Å². The van der Waals surface area contributed by atoms with E-state index >= 15 is 0 Å². The van der Waals surface area contributed by atoms with Crippen LogP contribution in [0.25, 0.3) is 11.8 Å². The quantitative estimate of drug-likeness (QED) is 0.263. The minimum atomic E-state index is -0.730. The number of allylic oxidation sites excluding steroid dienone is 1. The number of carbonyl (C=O) groups excluding carboxylic acids is 1. The molecule has 1 unspecified atom stereocenters. The van der Waals surface area contributed by atoms with Gasteiger partial charge in [-0.1, -0.05) is 46.7 Å². The number of rotatable bonds is 5. The van der Waals surface area contributed by atoms with E-state index in [9.17, 15) is 14.0 Å². The number of aromatic nitrogens is 2. The Morgan fingerprint density at radius 2 is 1.80 bits per heavy atom. The molecule has 2 aromatic heterocycles. The molecule has 6 nitrogen and oxygen atoms in total. The van der Waals surface area contributed by atoms with E-state index in [1.54, 1.807) is 57.2 Å². The summed E-state index contributed by atoms with van der Waals surface area (Å²) in [6.07, 6.45) is 1.46. The summed E-state index contributed by atoms with van der Waals surface area (Å²) in [5, 5.41) is 0.591. The average Bonchev–Trinajstić information content (AvgIpc) is 3.34. The maximum absolute atomic E-state index is 14.2. The molecule has 10 heteroatoms. The van der Waals surface area contributed by atoms with Crippen LogP contribution < -0.4 is 14.9 Å². The lowest BCUT2D eigenvalue weighted by atomic mass is 9.96. The van der Waals surface area contributed by atoms with E-state index in [2.05, 4.69) is 4.99 Å². The third-order valence-electron chi connectivity index (χ3n) is 6.69. The predicted molar refractivity (Wildman–Crippen MR) is 157 cm³/mol. The van der Waals surface area contributed by atoms with Crippen LogP contribution in [0.1, 0.15) is 49.3 Å². The average molecular weight is 599 g/mol. The van der Waals surface area contributed by atoms with Crippen molar-refractivity contribution in [3.05, 3.63) is 118 Å². The molecule has 1 aliphatic heterocycles. The zero-order valence-electron chi connectivity index (χ0n) is 22.5. The van der Waals surface area contributed by atoms with Gasteiger partial charge in [0.1, 0.15) is 5.82 Å². The highest BCUT2D eigenvalue weighted by Crippen LogP contribution is 2.32. The van der Waals surface area contributed by atoms with Crippen molar-refractivity contribution in [3.63, 3.8) is 0 Å². The topological polar surface area (TPSA) is 65.6 Å². The molecule has 0 radical (unpaired) electrons. The molecule has 0 fully saturated rings. The van der Waals surface area contributed by atoms with Crippen LogP contribution in [0.5, 0.6) is 0 Å². The van der Waals surface area contributed by atoms with Crippen molar-refractivity contribution in [3.8, 4) is 5.69 Å². The van der Waals surface area contributed by atoms with Crippen molar-refractivity contribution in [2.45, 2.75) is 46.8 Å².